The highest BCUT2D eigenvalue weighted by molar-refractivity contribution is 6.73. The van der Waals surface area contributed by atoms with Gasteiger partial charge in [0, 0.05) is 0 Å². The lowest BCUT2D eigenvalue weighted by atomic mass is 10.2. The maximum absolute atomic E-state index is 5.22. The summed E-state index contributed by atoms with van der Waals surface area (Å²) in [6, 6.07) is 18.9. The van der Waals surface area contributed by atoms with E-state index in [1.165, 1.54) is 21.5 Å². The van der Waals surface area contributed by atoms with Gasteiger partial charge >= 0.3 is 0 Å². The van der Waals surface area contributed by atoms with Crippen LogP contribution in [-0.2, 0) is 0 Å². The fourth-order valence-electron chi connectivity index (χ4n) is 1.91. The van der Waals surface area contributed by atoms with Crippen molar-refractivity contribution in [1.29, 1.82) is 0 Å². The Morgan fingerprint density at radius 3 is 2.14 bits per heavy atom. The number of methoxy groups -OCH3 is 1. The van der Waals surface area contributed by atoms with E-state index >= 15 is 0 Å². The van der Waals surface area contributed by atoms with Crippen molar-refractivity contribution in [2.75, 3.05) is 7.11 Å². The molecule has 0 spiro atoms. The molecule has 1 nitrogen and oxygen atoms in total. The highest BCUT2D eigenvalue weighted by Crippen LogP contribution is 2.14. The van der Waals surface area contributed by atoms with Crippen LogP contribution >= 0.6 is 0 Å². The minimum absolute atomic E-state index is 0.631. The summed E-state index contributed by atoms with van der Waals surface area (Å²) in [5.41, 5.74) is 2.59. The van der Waals surface area contributed by atoms with Crippen LogP contribution in [0.4, 0.5) is 0 Å². The van der Waals surface area contributed by atoms with Gasteiger partial charge in [-0.25, -0.2) is 0 Å². The van der Waals surface area contributed by atoms with Crippen LogP contribution in [0.2, 0.25) is 0 Å². The SMILES string of the molecule is COc1ccc([Si]/C(=C/C=C(C)C)c2ccccc2)cc1. The molecule has 0 heterocycles. The Hall–Kier alpha value is -2.06. The van der Waals surface area contributed by atoms with Crippen molar-refractivity contribution < 1.29 is 4.74 Å². The van der Waals surface area contributed by atoms with E-state index in [1.807, 2.05) is 12.1 Å². The normalized spacial score (nSPS) is 11.1. The van der Waals surface area contributed by atoms with E-state index in [-0.39, 0.29) is 0 Å². The second-order valence-electron chi connectivity index (χ2n) is 5.04. The number of hydrogen-bond donors (Lipinski definition) is 0. The van der Waals surface area contributed by atoms with Crippen molar-refractivity contribution >= 4 is 19.9 Å². The monoisotopic (exact) mass is 292 g/mol. The Bertz CT molecular complexity index is 620. The van der Waals surface area contributed by atoms with Gasteiger partial charge in [-0.2, -0.15) is 0 Å². The molecule has 0 aliphatic heterocycles. The van der Waals surface area contributed by atoms with Gasteiger partial charge in [-0.15, -0.1) is 0 Å². The fraction of sp³-hybridized carbons (Fsp3) is 0.158. The van der Waals surface area contributed by atoms with Crippen molar-refractivity contribution in [3.63, 3.8) is 0 Å². The van der Waals surface area contributed by atoms with Crippen molar-refractivity contribution in [3.8, 4) is 5.75 Å². The summed E-state index contributed by atoms with van der Waals surface area (Å²) in [5.74, 6) is 0.901. The van der Waals surface area contributed by atoms with Gasteiger partial charge in [0.15, 0.2) is 0 Å². The smallest absolute Gasteiger partial charge is 0.122 e. The van der Waals surface area contributed by atoms with Gasteiger partial charge in [0.05, 0.1) is 7.11 Å². The fourth-order valence-corrected chi connectivity index (χ4v) is 3.03. The first-order valence-corrected chi connectivity index (χ1v) is 8.01. The molecule has 2 aromatic rings. The van der Waals surface area contributed by atoms with Crippen molar-refractivity contribution in [2.24, 2.45) is 0 Å². The second kappa shape index (κ2) is 7.65. The molecule has 2 heteroatoms. The van der Waals surface area contributed by atoms with E-state index in [0.717, 1.165) is 5.75 Å². The van der Waals surface area contributed by atoms with Crippen LogP contribution < -0.4 is 9.92 Å². The lowest BCUT2D eigenvalue weighted by Crippen LogP contribution is -2.15. The Morgan fingerprint density at radius 1 is 0.905 bits per heavy atom. The molecule has 0 aliphatic carbocycles. The molecule has 0 aromatic heterocycles. The van der Waals surface area contributed by atoms with Crippen molar-refractivity contribution in [1.82, 2.24) is 0 Å². The molecular formula is C19H20OSi. The van der Waals surface area contributed by atoms with Gasteiger partial charge in [0.2, 0.25) is 0 Å². The van der Waals surface area contributed by atoms with Crippen molar-refractivity contribution in [3.05, 3.63) is 77.9 Å². The first kappa shape index (κ1) is 15.3. The summed E-state index contributed by atoms with van der Waals surface area (Å²) in [6.45, 7) is 4.24. The number of ether oxygens (including phenoxy) is 1. The molecule has 2 aromatic carbocycles. The number of rotatable bonds is 5. The Labute approximate surface area is 129 Å². The van der Waals surface area contributed by atoms with E-state index in [0.29, 0.717) is 9.52 Å². The molecule has 0 unspecified atom stereocenters. The summed E-state index contributed by atoms with van der Waals surface area (Å²) in [5, 5.41) is 2.66. The Balaban J connectivity index is 2.27. The molecule has 0 fully saturated rings. The molecule has 0 saturated heterocycles. The third-order valence-corrected chi connectivity index (χ3v) is 4.38. The minimum atomic E-state index is 0.631. The molecule has 2 rings (SSSR count). The summed E-state index contributed by atoms with van der Waals surface area (Å²) in [6.07, 6.45) is 4.41. The van der Waals surface area contributed by atoms with Crippen LogP contribution in [0.1, 0.15) is 19.4 Å². The highest BCUT2D eigenvalue weighted by atomic mass is 28.2. The van der Waals surface area contributed by atoms with Gasteiger partial charge in [-0.1, -0.05) is 70.6 Å². The molecular weight excluding hydrogens is 272 g/mol. The first-order chi connectivity index (χ1) is 10.2. The number of allylic oxidation sites excluding steroid dienone is 3. The zero-order valence-corrected chi connectivity index (χ0v) is 13.8. The van der Waals surface area contributed by atoms with Gasteiger partial charge in [0.1, 0.15) is 15.3 Å². The van der Waals surface area contributed by atoms with E-state index in [1.54, 1.807) is 7.11 Å². The quantitative estimate of drug-likeness (QED) is 0.597. The van der Waals surface area contributed by atoms with E-state index < -0.39 is 0 Å². The summed E-state index contributed by atoms with van der Waals surface area (Å²) in [7, 11) is 2.33. The average Bonchev–Trinajstić information content (AvgIpc) is 2.52. The molecule has 0 atom stereocenters. The molecule has 0 aliphatic rings. The standard InChI is InChI=1S/C19H20OSi/c1-15(2)9-14-19(16-7-5-4-6-8-16)21-18-12-10-17(20-3)11-13-18/h4-14H,1-3H3/b19-14+. The molecule has 106 valence electrons. The van der Waals surface area contributed by atoms with Crippen LogP contribution in [0.15, 0.2) is 72.3 Å². The van der Waals surface area contributed by atoms with E-state index in [4.69, 9.17) is 4.74 Å². The largest absolute Gasteiger partial charge is 0.497 e. The van der Waals surface area contributed by atoms with Gasteiger partial charge in [0.25, 0.3) is 0 Å². The van der Waals surface area contributed by atoms with Gasteiger partial charge in [-0.3, -0.25) is 0 Å². The molecule has 0 N–H and O–H groups in total. The van der Waals surface area contributed by atoms with Gasteiger partial charge in [-0.05, 0) is 31.5 Å². The molecule has 0 bridgehead atoms. The minimum Gasteiger partial charge on any atom is -0.497 e. The molecule has 21 heavy (non-hydrogen) atoms. The van der Waals surface area contributed by atoms with Crippen LogP contribution in [0, 0.1) is 0 Å². The first-order valence-electron chi connectivity index (χ1n) is 7.01. The Morgan fingerprint density at radius 2 is 1.57 bits per heavy atom. The van der Waals surface area contributed by atoms with Crippen LogP contribution in [0.5, 0.6) is 5.75 Å². The average molecular weight is 292 g/mol. The second-order valence-corrected chi connectivity index (χ2v) is 6.41. The zero-order chi connectivity index (χ0) is 15.1. The third-order valence-electron chi connectivity index (χ3n) is 3.04. The third kappa shape index (κ3) is 4.76. The number of benzene rings is 2. The zero-order valence-electron chi connectivity index (χ0n) is 12.8. The topological polar surface area (TPSA) is 9.23 Å². The molecule has 0 amide bonds. The van der Waals surface area contributed by atoms with E-state index in [2.05, 4.69) is 68.5 Å². The van der Waals surface area contributed by atoms with Crippen LogP contribution in [0.3, 0.4) is 0 Å². The summed E-state index contributed by atoms with van der Waals surface area (Å²) in [4.78, 5) is 0. The van der Waals surface area contributed by atoms with Crippen molar-refractivity contribution in [2.45, 2.75) is 13.8 Å². The summed E-state index contributed by atoms with van der Waals surface area (Å²) < 4.78 is 5.22. The maximum Gasteiger partial charge on any atom is 0.122 e. The molecule has 0 saturated carbocycles. The van der Waals surface area contributed by atoms with E-state index in [9.17, 15) is 0 Å². The Kier molecular flexibility index (Phi) is 5.58. The van der Waals surface area contributed by atoms with Crippen LogP contribution in [-0.4, -0.2) is 16.6 Å². The summed E-state index contributed by atoms with van der Waals surface area (Å²) >= 11 is 0. The molecule has 2 radical (unpaired) electrons. The number of hydrogen-bond acceptors (Lipinski definition) is 1. The maximum atomic E-state index is 5.22. The van der Waals surface area contributed by atoms with Crippen LogP contribution in [0.25, 0.3) is 5.20 Å². The highest BCUT2D eigenvalue weighted by Gasteiger charge is 2.04. The predicted molar refractivity (Wildman–Crippen MR) is 92.2 cm³/mol. The van der Waals surface area contributed by atoms with Gasteiger partial charge < -0.3 is 4.74 Å². The lowest BCUT2D eigenvalue weighted by Gasteiger charge is -2.07. The predicted octanol–water partition coefficient (Wildman–Crippen LogP) is 4.03. The lowest BCUT2D eigenvalue weighted by molar-refractivity contribution is 0.415.